The third-order valence-corrected chi connectivity index (χ3v) is 6.46. The maximum Gasteiger partial charge on any atom is 0.167 e. The van der Waals surface area contributed by atoms with Gasteiger partial charge in [-0.15, -0.1) is 0 Å². The molecule has 1 saturated heterocycles. The summed E-state index contributed by atoms with van der Waals surface area (Å²) in [7, 11) is 1.50. The summed E-state index contributed by atoms with van der Waals surface area (Å²) in [5.74, 6) is 0.606. The van der Waals surface area contributed by atoms with Gasteiger partial charge in [0.1, 0.15) is 24.6 Å². The SMILES string of the molecule is COC1C(O)[C@@H](CO)O[C@H]1n1cnc2c(NCC3=Cc4cccc5cccc3c45)ncnc21. The molecular formula is C24H23N5O4. The average molecular weight is 445 g/mol. The van der Waals surface area contributed by atoms with Crippen molar-refractivity contribution >= 4 is 39.4 Å². The number of hydrogen-bond acceptors (Lipinski definition) is 8. The van der Waals surface area contributed by atoms with E-state index in [2.05, 4.69) is 62.7 Å². The molecule has 4 atom stereocenters. The number of benzene rings is 2. The first-order valence-electron chi connectivity index (χ1n) is 10.8. The second kappa shape index (κ2) is 7.89. The molecule has 4 aromatic rings. The van der Waals surface area contributed by atoms with E-state index < -0.39 is 24.5 Å². The second-order valence-electron chi connectivity index (χ2n) is 8.26. The number of aliphatic hydroxyl groups is 2. The van der Waals surface area contributed by atoms with Crippen LogP contribution >= 0.6 is 0 Å². The molecule has 1 fully saturated rings. The third kappa shape index (κ3) is 3.12. The molecule has 2 unspecified atom stereocenters. The number of ether oxygens (including phenoxy) is 2. The zero-order valence-corrected chi connectivity index (χ0v) is 17.9. The van der Waals surface area contributed by atoms with Crippen LogP contribution in [-0.4, -0.2) is 68.3 Å². The molecular weight excluding hydrogens is 422 g/mol. The first kappa shape index (κ1) is 20.3. The molecule has 1 aliphatic heterocycles. The van der Waals surface area contributed by atoms with Crippen molar-refractivity contribution in [2.24, 2.45) is 0 Å². The maximum absolute atomic E-state index is 10.4. The molecule has 0 amide bonds. The normalized spacial score (nSPS) is 24.0. The van der Waals surface area contributed by atoms with Crippen LogP contribution in [0.15, 0.2) is 49.1 Å². The van der Waals surface area contributed by atoms with Gasteiger partial charge >= 0.3 is 0 Å². The lowest BCUT2D eigenvalue weighted by Gasteiger charge is -2.20. The van der Waals surface area contributed by atoms with Crippen LogP contribution in [0.3, 0.4) is 0 Å². The second-order valence-corrected chi connectivity index (χ2v) is 8.26. The number of hydrogen-bond donors (Lipinski definition) is 3. The summed E-state index contributed by atoms with van der Waals surface area (Å²) in [5, 5.41) is 25.8. The highest BCUT2D eigenvalue weighted by atomic mass is 16.6. The summed E-state index contributed by atoms with van der Waals surface area (Å²) in [6, 6.07) is 12.7. The Labute approximate surface area is 189 Å². The summed E-state index contributed by atoms with van der Waals surface area (Å²) in [4.78, 5) is 13.3. The van der Waals surface area contributed by atoms with Gasteiger partial charge in [-0.2, -0.15) is 0 Å². The molecule has 0 saturated carbocycles. The Morgan fingerprint density at radius 3 is 2.82 bits per heavy atom. The van der Waals surface area contributed by atoms with E-state index in [0.717, 1.165) is 0 Å². The van der Waals surface area contributed by atoms with Crippen molar-refractivity contribution in [2.75, 3.05) is 25.6 Å². The summed E-state index contributed by atoms with van der Waals surface area (Å²) >= 11 is 0. The Morgan fingerprint density at radius 1 is 1.15 bits per heavy atom. The van der Waals surface area contributed by atoms with Gasteiger partial charge in [0.2, 0.25) is 0 Å². The molecule has 0 spiro atoms. The van der Waals surface area contributed by atoms with Gasteiger partial charge < -0.3 is 25.0 Å². The predicted molar refractivity (Wildman–Crippen MR) is 123 cm³/mol. The van der Waals surface area contributed by atoms with Gasteiger partial charge in [0.15, 0.2) is 23.2 Å². The number of nitrogens with one attached hydrogen (secondary N) is 1. The summed E-state index contributed by atoms with van der Waals surface area (Å²) in [6.45, 7) is 0.273. The minimum atomic E-state index is -0.958. The van der Waals surface area contributed by atoms with Gasteiger partial charge in [-0.25, -0.2) is 15.0 Å². The lowest BCUT2D eigenvalue weighted by molar-refractivity contribution is -0.0583. The largest absolute Gasteiger partial charge is 0.394 e. The molecule has 168 valence electrons. The molecule has 9 heteroatoms. The van der Waals surface area contributed by atoms with Crippen molar-refractivity contribution in [3.8, 4) is 0 Å². The van der Waals surface area contributed by atoms with Crippen LogP contribution in [-0.2, 0) is 9.47 Å². The van der Waals surface area contributed by atoms with E-state index in [-0.39, 0.29) is 6.61 Å². The van der Waals surface area contributed by atoms with E-state index in [1.165, 1.54) is 40.9 Å². The van der Waals surface area contributed by atoms with E-state index in [1.807, 2.05) is 0 Å². The molecule has 33 heavy (non-hydrogen) atoms. The number of aromatic nitrogens is 4. The molecule has 2 aliphatic rings. The summed E-state index contributed by atoms with van der Waals surface area (Å²) < 4.78 is 13.0. The van der Waals surface area contributed by atoms with E-state index >= 15 is 0 Å². The molecule has 1 aliphatic carbocycles. The van der Waals surface area contributed by atoms with Gasteiger partial charge in [-0.3, -0.25) is 4.57 Å². The van der Waals surface area contributed by atoms with E-state index in [1.54, 1.807) is 10.9 Å². The van der Waals surface area contributed by atoms with Gasteiger partial charge in [-0.1, -0.05) is 36.4 Å². The standard InChI is InChI=1S/C24H23N5O4/c1-32-21-20(31)17(10-30)33-24(21)29-12-28-19-22(26-11-27-23(19)29)25-9-15-8-14-6-2-4-13-5-3-7-16(15)18(13)14/h2-8,11-12,17,20-21,24,30-31H,9-10H2,1H3,(H,25,26,27)/t17-,20?,21?,24-/m1/s1. The summed E-state index contributed by atoms with van der Waals surface area (Å²) in [6.07, 6.45) is 2.24. The average Bonchev–Trinajstić information content (AvgIpc) is 3.52. The number of aliphatic hydroxyl groups excluding tert-OH is 2. The molecule has 0 radical (unpaired) electrons. The minimum absolute atomic E-state index is 0.309. The lowest BCUT2D eigenvalue weighted by atomic mass is 10.0. The van der Waals surface area contributed by atoms with Crippen LogP contribution in [0.4, 0.5) is 5.82 Å². The quantitative estimate of drug-likeness (QED) is 0.414. The fourth-order valence-electron chi connectivity index (χ4n) is 4.86. The Morgan fingerprint density at radius 2 is 2.00 bits per heavy atom. The van der Waals surface area contributed by atoms with Crippen LogP contribution in [0.1, 0.15) is 17.4 Å². The highest BCUT2D eigenvalue weighted by Crippen LogP contribution is 2.37. The van der Waals surface area contributed by atoms with Gasteiger partial charge in [0.05, 0.1) is 12.9 Å². The van der Waals surface area contributed by atoms with E-state index in [0.29, 0.717) is 23.5 Å². The number of imidazole rings is 1. The Balaban J connectivity index is 1.29. The van der Waals surface area contributed by atoms with Crippen LogP contribution in [0.25, 0.3) is 33.6 Å². The molecule has 2 aromatic carbocycles. The lowest BCUT2D eigenvalue weighted by Crippen LogP contribution is -2.34. The monoisotopic (exact) mass is 445 g/mol. The predicted octanol–water partition coefficient (Wildman–Crippen LogP) is 2.21. The topological polar surface area (TPSA) is 115 Å². The van der Waals surface area contributed by atoms with Crippen molar-refractivity contribution in [2.45, 2.75) is 24.5 Å². The highest BCUT2D eigenvalue weighted by molar-refractivity contribution is 6.09. The van der Waals surface area contributed by atoms with Crippen molar-refractivity contribution in [3.05, 3.63) is 60.2 Å². The molecule has 3 N–H and O–H groups in total. The third-order valence-electron chi connectivity index (χ3n) is 6.46. The van der Waals surface area contributed by atoms with Crippen molar-refractivity contribution < 1.29 is 19.7 Å². The Kier molecular flexibility index (Phi) is 4.84. The number of nitrogens with zero attached hydrogens (tertiary/aromatic N) is 4. The van der Waals surface area contributed by atoms with Crippen LogP contribution in [0, 0.1) is 0 Å². The van der Waals surface area contributed by atoms with Gasteiger partial charge in [0.25, 0.3) is 0 Å². The van der Waals surface area contributed by atoms with Crippen LogP contribution in [0.2, 0.25) is 0 Å². The number of methoxy groups -OCH3 is 1. The zero-order valence-electron chi connectivity index (χ0n) is 17.9. The van der Waals surface area contributed by atoms with Gasteiger partial charge in [0, 0.05) is 13.7 Å². The van der Waals surface area contributed by atoms with Crippen LogP contribution in [0.5, 0.6) is 0 Å². The molecule has 3 heterocycles. The summed E-state index contributed by atoms with van der Waals surface area (Å²) in [5.41, 5.74) is 4.76. The van der Waals surface area contributed by atoms with E-state index in [4.69, 9.17) is 9.47 Å². The maximum atomic E-state index is 10.4. The molecule has 0 bridgehead atoms. The fourth-order valence-corrected chi connectivity index (χ4v) is 4.86. The fraction of sp³-hybridized carbons (Fsp3) is 0.292. The smallest absolute Gasteiger partial charge is 0.167 e. The molecule has 2 aromatic heterocycles. The number of fused-ring (bicyclic) bond motifs is 1. The van der Waals surface area contributed by atoms with Crippen LogP contribution < -0.4 is 5.32 Å². The van der Waals surface area contributed by atoms with Crippen molar-refractivity contribution in [3.63, 3.8) is 0 Å². The Hall–Kier alpha value is -3.37. The number of rotatable bonds is 6. The number of anilines is 1. The molecule has 6 rings (SSSR count). The van der Waals surface area contributed by atoms with Crippen molar-refractivity contribution in [1.82, 2.24) is 19.5 Å². The molecule has 9 nitrogen and oxygen atoms in total. The minimum Gasteiger partial charge on any atom is -0.394 e. The first-order valence-corrected chi connectivity index (χ1v) is 10.8. The van der Waals surface area contributed by atoms with Gasteiger partial charge in [-0.05, 0) is 33.5 Å². The highest BCUT2D eigenvalue weighted by Gasteiger charge is 2.45. The van der Waals surface area contributed by atoms with Crippen molar-refractivity contribution in [1.29, 1.82) is 0 Å². The van der Waals surface area contributed by atoms with E-state index in [9.17, 15) is 10.2 Å². The first-order chi connectivity index (χ1) is 16.2. The zero-order chi connectivity index (χ0) is 22.5. The Bertz CT molecular complexity index is 1380.